The Morgan fingerprint density at radius 1 is 1.47 bits per heavy atom. The molecule has 0 unspecified atom stereocenters. The minimum Gasteiger partial charge on any atom is -0.496 e. The van der Waals surface area contributed by atoms with E-state index in [4.69, 9.17) is 4.74 Å². The summed E-state index contributed by atoms with van der Waals surface area (Å²) in [6, 6.07) is 6.02. The Balaban J connectivity index is 2.82. The fourth-order valence-corrected chi connectivity index (χ4v) is 1.93. The van der Waals surface area contributed by atoms with E-state index in [1.807, 2.05) is 12.1 Å². The smallest absolute Gasteiger partial charge is 0.232 e. The Labute approximate surface area is 108 Å². The molecule has 0 heterocycles. The van der Waals surface area contributed by atoms with Crippen LogP contribution in [0, 0.1) is 0 Å². The Morgan fingerprint density at radius 2 is 2.18 bits per heavy atom. The van der Waals surface area contributed by atoms with E-state index in [0.29, 0.717) is 6.54 Å². The van der Waals surface area contributed by atoms with Crippen LogP contribution in [0.5, 0.6) is 5.75 Å². The molecule has 0 N–H and O–H groups in total. The Morgan fingerprint density at radius 3 is 2.71 bits per heavy atom. The van der Waals surface area contributed by atoms with Gasteiger partial charge < -0.3 is 9.64 Å². The molecular weight excluding hydrogens is 234 g/mol. The lowest BCUT2D eigenvalue weighted by Crippen LogP contribution is -2.27. The lowest BCUT2D eigenvalue weighted by molar-refractivity contribution is -0.127. The summed E-state index contributed by atoms with van der Waals surface area (Å²) in [5, 5.41) is 0. The van der Waals surface area contributed by atoms with Crippen molar-refractivity contribution in [2.24, 2.45) is 0 Å². The van der Waals surface area contributed by atoms with Crippen molar-refractivity contribution in [1.29, 1.82) is 0 Å². The summed E-state index contributed by atoms with van der Waals surface area (Å²) < 4.78 is 5.27. The first-order valence-corrected chi connectivity index (χ1v) is 6.26. The first-order valence-electron chi connectivity index (χ1n) is 5.63. The van der Waals surface area contributed by atoms with E-state index in [1.54, 1.807) is 19.1 Å². The number of hydrogen-bond donors (Lipinski definition) is 1. The molecular formula is C13H19NO2S. The Bertz CT molecular complexity index is 393. The van der Waals surface area contributed by atoms with Gasteiger partial charge in [-0.25, -0.2) is 0 Å². The molecule has 1 aromatic rings. The highest BCUT2D eigenvalue weighted by atomic mass is 32.1. The van der Waals surface area contributed by atoms with E-state index >= 15 is 0 Å². The third-order valence-corrected chi connectivity index (χ3v) is 2.98. The van der Waals surface area contributed by atoms with Gasteiger partial charge >= 0.3 is 0 Å². The van der Waals surface area contributed by atoms with Crippen LogP contribution in [0.4, 0.5) is 0 Å². The van der Waals surface area contributed by atoms with Crippen molar-refractivity contribution in [3.63, 3.8) is 0 Å². The second-order valence-corrected chi connectivity index (χ2v) is 4.22. The van der Waals surface area contributed by atoms with Crippen LogP contribution in [0.25, 0.3) is 0 Å². The predicted octanol–water partition coefficient (Wildman–Crippen LogP) is 2.15. The maximum absolute atomic E-state index is 11.4. The molecule has 0 aliphatic heterocycles. The van der Waals surface area contributed by atoms with Crippen molar-refractivity contribution >= 4 is 18.5 Å². The number of ether oxygens (including phenoxy) is 1. The zero-order valence-electron chi connectivity index (χ0n) is 10.6. The molecule has 0 aliphatic carbocycles. The number of rotatable bonds is 5. The van der Waals surface area contributed by atoms with Crippen LogP contribution >= 0.6 is 12.6 Å². The van der Waals surface area contributed by atoms with Gasteiger partial charge in [0.25, 0.3) is 0 Å². The van der Waals surface area contributed by atoms with Gasteiger partial charge in [-0.3, -0.25) is 4.79 Å². The largest absolute Gasteiger partial charge is 0.496 e. The molecule has 1 aromatic carbocycles. The van der Waals surface area contributed by atoms with Crippen LogP contribution in [-0.2, 0) is 17.8 Å². The molecule has 0 aromatic heterocycles. The number of nitrogens with zero attached hydrogens (tertiary/aromatic N) is 1. The SMILES string of the molecule is CCc1cc(CN(C)C(=O)CS)ccc1OC. The maximum Gasteiger partial charge on any atom is 0.232 e. The van der Waals surface area contributed by atoms with Crippen molar-refractivity contribution in [1.82, 2.24) is 4.90 Å². The number of benzene rings is 1. The van der Waals surface area contributed by atoms with Crippen LogP contribution in [0.1, 0.15) is 18.1 Å². The molecule has 0 fully saturated rings. The monoisotopic (exact) mass is 253 g/mol. The van der Waals surface area contributed by atoms with Gasteiger partial charge in [-0.05, 0) is 23.6 Å². The summed E-state index contributed by atoms with van der Waals surface area (Å²) in [7, 11) is 3.46. The lowest BCUT2D eigenvalue weighted by atomic mass is 10.1. The number of methoxy groups -OCH3 is 1. The predicted molar refractivity (Wildman–Crippen MR) is 72.7 cm³/mol. The fourth-order valence-electron chi connectivity index (χ4n) is 1.69. The van der Waals surface area contributed by atoms with E-state index in [1.165, 1.54) is 0 Å². The van der Waals surface area contributed by atoms with Gasteiger partial charge in [-0.2, -0.15) is 12.6 Å². The third kappa shape index (κ3) is 3.66. The van der Waals surface area contributed by atoms with Gasteiger partial charge in [0.05, 0.1) is 12.9 Å². The fraction of sp³-hybridized carbons (Fsp3) is 0.462. The zero-order chi connectivity index (χ0) is 12.8. The average Bonchev–Trinajstić information content (AvgIpc) is 2.37. The van der Waals surface area contributed by atoms with Crippen molar-refractivity contribution in [2.45, 2.75) is 19.9 Å². The van der Waals surface area contributed by atoms with Crippen LogP contribution in [0.3, 0.4) is 0 Å². The van der Waals surface area contributed by atoms with Gasteiger partial charge in [-0.1, -0.05) is 19.1 Å². The highest BCUT2D eigenvalue weighted by Crippen LogP contribution is 2.21. The van der Waals surface area contributed by atoms with Crippen LogP contribution < -0.4 is 4.74 Å². The van der Waals surface area contributed by atoms with Crippen molar-refractivity contribution in [2.75, 3.05) is 19.9 Å². The molecule has 0 saturated heterocycles. The molecule has 1 amide bonds. The molecule has 1 rings (SSSR count). The molecule has 3 nitrogen and oxygen atoms in total. The molecule has 0 saturated carbocycles. The quantitative estimate of drug-likeness (QED) is 0.815. The summed E-state index contributed by atoms with van der Waals surface area (Å²) in [5.74, 6) is 1.18. The summed E-state index contributed by atoms with van der Waals surface area (Å²) in [6.07, 6.45) is 0.918. The number of carbonyl (C=O) groups excluding carboxylic acids is 1. The minimum atomic E-state index is 0.0298. The number of amides is 1. The van der Waals surface area contributed by atoms with Gasteiger partial charge in [-0.15, -0.1) is 0 Å². The second-order valence-electron chi connectivity index (χ2n) is 3.91. The molecule has 0 atom stereocenters. The molecule has 0 radical (unpaired) electrons. The van der Waals surface area contributed by atoms with Crippen LogP contribution in [0.15, 0.2) is 18.2 Å². The third-order valence-electron chi connectivity index (χ3n) is 2.71. The summed E-state index contributed by atoms with van der Waals surface area (Å²) in [6.45, 7) is 2.70. The standard InChI is InChI=1S/C13H19NO2S/c1-4-11-7-10(5-6-12(11)16-3)8-14(2)13(15)9-17/h5-7,17H,4,8-9H2,1-3H3. The summed E-state index contributed by atoms with van der Waals surface area (Å²) in [4.78, 5) is 13.1. The summed E-state index contributed by atoms with van der Waals surface area (Å²) in [5.41, 5.74) is 2.28. The van der Waals surface area contributed by atoms with E-state index in [2.05, 4.69) is 25.6 Å². The number of thiol groups is 1. The van der Waals surface area contributed by atoms with Gasteiger partial charge in [0.15, 0.2) is 0 Å². The van der Waals surface area contributed by atoms with Gasteiger partial charge in [0.1, 0.15) is 5.75 Å². The molecule has 94 valence electrons. The van der Waals surface area contributed by atoms with Gasteiger partial charge in [0, 0.05) is 13.6 Å². The molecule has 4 heteroatoms. The van der Waals surface area contributed by atoms with Crippen molar-refractivity contribution in [3.8, 4) is 5.75 Å². The Kier molecular flexibility index (Phi) is 5.35. The molecule has 0 spiro atoms. The average molecular weight is 253 g/mol. The topological polar surface area (TPSA) is 29.5 Å². The molecule has 0 bridgehead atoms. The zero-order valence-corrected chi connectivity index (χ0v) is 11.5. The number of hydrogen-bond acceptors (Lipinski definition) is 3. The van der Waals surface area contributed by atoms with Gasteiger partial charge in [0.2, 0.25) is 5.91 Å². The van der Waals surface area contributed by atoms with Crippen molar-refractivity contribution in [3.05, 3.63) is 29.3 Å². The maximum atomic E-state index is 11.4. The molecule has 17 heavy (non-hydrogen) atoms. The van der Waals surface area contributed by atoms with E-state index < -0.39 is 0 Å². The number of carbonyl (C=O) groups is 1. The summed E-state index contributed by atoms with van der Waals surface area (Å²) >= 11 is 3.98. The van der Waals surface area contributed by atoms with E-state index in [9.17, 15) is 4.79 Å². The highest BCUT2D eigenvalue weighted by molar-refractivity contribution is 7.81. The van der Waals surface area contributed by atoms with Crippen LogP contribution in [-0.4, -0.2) is 30.7 Å². The molecule has 0 aliphatic rings. The van der Waals surface area contributed by atoms with Crippen LogP contribution in [0.2, 0.25) is 0 Å². The highest BCUT2D eigenvalue weighted by Gasteiger charge is 2.08. The first-order chi connectivity index (χ1) is 8.12. The first kappa shape index (κ1) is 13.9. The van der Waals surface area contributed by atoms with E-state index in [0.717, 1.165) is 23.3 Å². The normalized spacial score (nSPS) is 10.1. The van der Waals surface area contributed by atoms with Crippen molar-refractivity contribution < 1.29 is 9.53 Å². The lowest BCUT2D eigenvalue weighted by Gasteiger charge is -2.17. The Hall–Kier alpha value is -1.16. The minimum absolute atomic E-state index is 0.0298. The number of aryl methyl sites for hydroxylation is 1. The van der Waals surface area contributed by atoms with E-state index in [-0.39, 0.29) is 11.7 Å². The second kappa shape index (κ2) is 6.55.